The molecule has 0 saturated heterocycles. The number of carbonyl (C=O) groups is 1. The summed E-state index contributed by atoms with van der Waals surface area (Å²) in [6, 6.07) is 14.7. The highest BCUT2D eigenvalue weighted by atomic mass is 16.5. The lowest BCUT2D eigenvalue weighted by atomic mass is 10.1. The van der Waals surface area contributed by atoms with Gasteiger partial charge in [0.05, 0.1) is 12.7 Å². The first-order chi connectivity index (χ1) is 9.22. The van der Waals surface area contributed by atoms with Gasteiger partial charge in [-0.2, -0.15) is 0 Å². The van der Waals surface area contributed by atoms with Crippen LogP contribution in [-0.2, 0) is 6.61 Å². The number of hydrogen-bond donors (Lipinski definition) is 1. The van der Waals surface area contributed by atoms with E-state index in [-0.39, 0.29) is 0 Å². The normalized spacial score (nSPS) is 9.95. The minimum atomic E-state index is -0.540. The van der Waals surface area contributed by atoms with Crippen LogP contribution < -0.4 is 15.2 Å². The third-order valence-electron chi connectivity index (χ3n) is 2.69. The van der Waals surface area contributed by atoms with Gasteiger partial charge in [0, 0.05) is 0 Å². The molecule has 0 aromatic heterocycles. The lowest BCUT2D eigenvalue weighted by molar-refractivity contribution is 0.0995. The van der Waals surface area contributed by atoms with Gasteiger partial charge in [-0.25, -0.2) is 0 Å². The molecule has 98 valence electrons. The van der Waals surface area contributed by atoms with E-state index >= 15 is 0 Å². The highest BCUT2D eigenvalue weighted by Gasteiger charge is 2.14. The first-order valence-electron chi connectivity index (χ1n) is 5.86. The smallest absolute Gasteiger partial charge is 0.252 e. The second-order valence-electron chi connectivity index (χ2n) is 3.98. The van der Waals surface area contributed by atoms with E-state index in [9.17, 15) is 4.79 Å². The Bertz CT molecular complexity index is 567. The zero-order valence-electron chi connectivity index (χ0n) is 10.6. The zero-order valence-corrected chi connectivity index (χ0v) is 10.6. The summed E-state index contributed by atoms with van der Waals surface area (Å²) in [4.78, 5) is 11.4. The number of benzene rings is 2. The van der Waals surface area contributed by atoms with Gasteiger partial charge in [0.2, 0.25) is 0 Å². The number of amides is 1. The van der Waals surface area contributed by atoms with E-state index in [2.05, 4.69) is 0 Å². The molecule has 2 rings (SSSR count). The maximum absolute atomic E-state index is 11.4. The average molecular weight is 257 g/mol. The summed E-state index contributed by atoms with van der Waals surface area (Å²) in [5, 5.41) is 0. The first kappa shape index (κ1) is 13.0. The van der Waals surface area contributed by atoms with E-state index in [1.165, 1.54) is 7.11 Å². The molecule has 19 heavy (non-hydrogen) atoms. The Hall–Kier alpha value is -2.49. The van der Waals surface area contributed by atoms with Crippen molar-refractivity contribution in [2.24, 2.45) is 5.73 Å². The predicted molar refractivity (Wildman–Crippen MR) is 72.3 cm³/mol. The Labute approximate surface area is 111 Å². The molecule has 0 bridgehead atoms. The molecular formula is C15H15NO3. The van der Waals surface area contributed by atoms with Crippen molar-refractivity contribution in [2.45, 2.75) is 6.61 Å². The lowest BCUT2D eigenvalue weighted by Crippen LogP contribution is -2.13. The molecule has 2 N–H and O–H groups in total. The monoisotopic (exact) mass is 257 g/mol. The van der Waals surface area contributed by atoms with Crippen molar-refractivity contribution in [1.29, 1.82) is 0 Å². The fourth-order valence-electron chi connectivity index (χ4n) is 1.75. The molecule has 4 heteroatoms. The van der Waals surface area contributed by atoms with E-state index in [0.717, 1.165) is 5.56 Å². The molecule has 2 aromatic rings. The highest BCUT2D eigenvalue weighted by molar-refractivity contribution is 5.96. The molecule has 0 aliphatic rings. The van der Waals surface area contributed by atoms with Crippen LogP contribution in [-0.4, -0.2) is 13.0 Å². The quantitative estimate of drug-likeness (QED) is 0.894. The number of nitrogens with two attached hydrogens (primary N) is 1. The maximum atomic E-state index is 11.4. The standard InChI is InChI=1S/C15H15NO3/c1-18-13-9-5-8-12(15(16)17)14(13)19-10-11-6-3-2-4-7-11/h2-9H,10H2,1H3,(H2,16,17). The highest BCUT2D eigenvalue weighted by Crippen LogP contribution is 2.31. The number of para-hydroxylation sites is 1. The molecule has 0 atom stereocenters. The van der Waals surface area contributed by atoms with Crippen LogP contribution in [0.4, 0.5) is 0 Å². The number of rotatable bonds is 5. The van der Waals surface area contributed by atoms with Crippen LogP contribution in [0.25, 0.3) is 0 Å². The first-order valence-corrected chi connectivity index (χ1v) is 5.86. The van der Waals surface area contributed by atoms with Gasteiger partial charge in [0.1, 0.15) is 6.61 Å². The molecule has 0 heterocycles. The predicted octanol–water partition coefficient (Wildman–Crippen LogP) is 2.37. The van der Waals surface area contributed by atoms with E-state index in [0.29, 0.717) is 23.7 Å². The van der Waals surface area contributed by atoms with Crippen LogP contribution in [0.3, 0.4) is 0 Å². The van der Waals surface area contributed by atoms with E-state index in [4.69, 9.17) is 15.2 Å². The molecule has 4 nitrogen and oxygen atoms in total. The average Bonchev–Trinajstić information content (AvgIpc) is 2.45. The second kappa shape index (κ2) is 5.91. The Morgan fingerprint density at radius 3 is 2.47 bits per heavy atom. The van der Waals surface area contributed by atoms with Gasteiger partial charge >= 0.3 is 0 Å². The summed E-state index contributed by atoms with van der Waals surface area (Å²) >= 11 is 0. The Morgan fingerprint density at radius 1 is 1.11 bits per heavy atom. The summed E-state index contributed by atoms with van der Waals surface area (Å²) in [5.74, 6) is 0.329. The van der Waals surface area contributed by atoms with Crippen molar-refractivity contribution in [2.75, 3.05) is 7.11 Å². The lowest BCUT2D eigenvalue weighted by Gasteiger charge is -2.13. The van der Waals surface area contributed by atoms with Crippen LogP contribution in [0.5, 0.6) is 11.5 Å². The SMILES string of the molecule is COc1cccc(C(N)=O)c1OCc1ccccc1. The van der Waals surface area contributed by atoms with Gasteiger partial charge in [0.15, 0.2) is 11.5 Å². The zero-order chi connectivity index (χ0) is 13.7. The van der Waals surface area contributed by atoms with Gasteiger partial charge in [-0.1, -0.05) is 36.4 Å². The van der Waals surface area contributed by atoms with E-state index in [1.54, 1.807) is 18.2 Å². The molecule has 0 unspecified atom stereocenters. The number of hydrogen-bond acceptors (Lipinski definition) is 3. The molecular weight excluding hydrogens is 242 g/mol. The van der Waals surface area contributed by atoms with Gasteiger partial charge in [-0.05, 0) is 17.7 Å². The minimum absolute atomic E-state index is 0.315. The summed E-state index contributed by atoms with van der Waals surface area (Å²) in [5.41, 5.74) is 6.65. The van der Waals surface area contributed by atoms with E-state index < -0.39 is 5.91 Å². The van der Waals surface area contributed by atoms with Crippen LogP contribution in [0.2, 0.25) is 0 Å². The van der Waals surface area contributed by atoms with Crippen LogP contribution >= 0.6 is 0 Å². The van der Waals surface area contributed by atoms with Gasteiger partial charge in [-0.15, -0.1) is 0 Å². The van der Waals surface area contributed by atoms with Crippen LogP contribution in [0.1, 0.15) is 15.9 Å². The van der Waals surface area contributed by atoms with Crippen molar-refractivity contribution in [3.05, 3.63) is 59.7 Å². The summed E-state index contributed by atoms with van der Waals surface area (Å²) in [7, 11) is 1.52. The molecule has 2 aromatic carbocycles. The van der Waals surface area contributed by atoms with Crippen molar-refractivity contribution in [3.8, 4) is 11.5 Å². The third kappa shape index (κ3) is 3.04. The topological polar surface area (TPSA) is 61.5 Å². The Kier molecular flexibility index (Phi) is 4.03. The molecule has 0 aliphatic heterocycles. The van der Waals surface area contributed by atoms with Crippen molar-refractivity contribution in [1.82, 2.24) is 0 Å². The van der Waals surface area contributed by atoms with Crippen LogP contribution in [0, 0.1) is 0 Å². The second-order valence-corrected chi connectivity index (χ2v) is 3.98. The van der Waals surface area contributed by atoms with E-state index in [1.807, 2.05) is 30.3 Å². The summed E-state index contributed by atoms with van der Waals surface area (Å²) < 4.78 is 10.9. The molecule has 0 aliphatic carbocycles. The van der Waals surface area contributed by atoms with Gasteiger partial charge < -0.3 is 15.2 Å². The maximum Gasteiger partial charge on any atom is 0.252 e. The molecule has 1 amide bonds. The fraction of sp³-hybridized carbons (Fsp3) is 0.133. The Morgan fingerprint density at radius 2 is 1.84 bits per heavy atom. The summed E-state index contributed by atoms with van der Waals surface area (Å²) in [6.45, 7) is 0.349. The van der Waals surface area contributed by atoms with Crippen molar-refractivity contribution >= 4 is 5.91 Å². The Balaban J connectivity index is 2.25. The van der Waals surface area contributed by atoms with Gasteiger partial charge in [-0.3, -0.25) is 4.79 Å². The molecule has 0 radical (unpaired) electrons. The van der Waals surface area contributed by atoms with Gasteiger partial charge in [0.25, 0.3) is 5.91 Å². The van der Waals surface area contributed by atoms with Crippen LogP contribution in [0.15, 0.2) is 48.5 Å². The largest absolute Gasteiger partial charge is 0.493 e. The fourth-order valence-corrected chi connectivity index (χ4v) is 1.75. The molecule has 0 saturated carbocycles. The third-order valence-corrected chi connectivity index (χ3v) is 2.69. The van der Waals surface area contributed by atoms with Crippen molar-refractivity contribution in [3.63, 3.8) is 0 Å². The number of methoxy groups -OCH3 is 1. The number of primary amides is 1. The minimum Gasteiger partial charge on any atom is -0.493 e. The number of ether oxygens (including phenoxy) is 2. The van der Waals surface area contributed by atoms with Crippen molar-refractivity contribution < 1.29 is 14.3 Å². The molecule has 0 fully saturated rings. The number of carbonyl (C=O) groups excluding carboxylic acids is 1. The molecule has 0 spiro atoms. The summed E-state index contributed by atoms with van der Waals surface area (Å²) in [6.07, 6.45) is 0.